The van der Waals surface area contributed by atoms with Crippen LogP contribution in [0.25, 0.3) is 0 Å². The van der Waals surface area contributed by atoms with Gasteiger partial charge in [0.2, 0.25) is 5.91 Å². The normalized spacial score (nSPS) is 14.9. The van der Waals surface area contributed by atoms with Gasteiger partial charge < -0.3 is 15.3 Å². The van der Waals surface area contributed by atoms with Crippen LogP contribution >= 0.6 is 0 Å². The van der Waals surface area contributed by atoms with Crippen molar-refractivity contribution in [3.8, 4) is 5.75 Å². The van der Waals surface area contributed by atoms with Crippen LogP contribution in [0.4, 0.5) is 11.4 Å². The summed E-state index contributed by atoms with van der Waals surface area (Å²) in [4.78, 5) is 13.2. The number of rotatable bonds is 1. The van der Waals surface area contributed by atoms with E-state index in [9.17, 15) is 9.90 Å². The summed E-state index contributed by atoms with van der Waals surface area (Å²) in [6.45, 7) is 3.16. The summed E-state index contributed by atoms with van der Waals surface area (Å²) in [6, 6.07) is 5.00. The van der Waals surface area contributed by atoms with Crippen molar-refractivity contribution in [1.29, 1.82) is 0 Å². The van der Waals surface area contributed by atoms with Crippen molar-refractivity contribution in [3.63, 3.8) is 0 Å². The molecule has 0 unspecified atom stereocenters. The smallest absolute Gasteiger partial charge is 0.243 e. The summed E-state index contributed by atoms with van der Waals surface area (Å²) in [5.41, 5.74) is 1.65. The summed E-state index contributed by atoms with van der Waals surface area (Å²) in [5.74, 6) is 0.131. The van der Waals surface area contributed by atoms with Crippen LogP contribution in [0, 0.1) is 0 Å². The maximum atomic E-state index is 11.3. The molecule has 0 aliphatic carbocycles. The molecule has 1 aliphatic heterocycles. The van der Waals surface area contributed by atoms with Crippen LogP contribution in [0.2, 0.25) is 0 Å². The molecular formula is C10H12N2O2. The van der Waals surface area contributed by atoms with Gasteiger partial charge in [-0.05, 0) is 19.1 Å². The summed E-state index contributed by atoms with van der Waals surface area (Å²) in [5, 5.41) is 12.0. The molecule has 14 heavy (non-hydrogen) atoms. The Kier molecular flexibility index (Phi) is 2.04. The van der Waals surface area contributed by atoms with Crippen LogP contribution in [0.3, 0.4) is 0 Å². The Morgan fingerprint density at radius 1 is 1.57 bits per heavy atom. The molecule has 0 spiro atoms. The molecule has 0 radical (unpaired) electrons. The number of hydrogen-bond acceptors (Lipinski definition) is 3. The van der Waals surface area contributed by atoms with Gasteiger partial charge in [-0.2, -0.15) is 0 Å². The number of phenols is 1. The van der Waals surface area contributed by atoms with Gasteiger partial charge in [0.1, 0.15) is 5.75 Å². The van der Waals surface area contributed by atoms with Crippen molar-refractivity contribution in [2.45, 2.75) is 6.92 Å². The Morgan fingerprint density at radius 2 is 2.36 bits per heavy atom. The van der Waals surface area contributed by atoms with E-state index in [0.29, 0.717) is 12.2 Å². The first-order chi connectivity index (χ1) is 6.70. The number of carbonyl (C=O) groups is 1. The molecule has 0 bridgehead atoms. The molecule has 1 heterocycles. The number of amides is 1. The van der Waals surface area contributed by atoms with Crippen LogP contribution in [0.1, 0.15) is 6.92 Å². The molecule has 0 saturated heterocycles. The fraction of sp³-hybridized carbons (Fsp3) is 0.300. The largest absolute Gasteiger partial charge is 0.508 e. The molecule has 0 aromatic heterocycles. The molecule has 74 valence electrons. The minimum absolute atomic E-state index is 0.0371. The lowest BCUT2D eigenvalue weighted by atomic mass is 10.2. The highest BCUT2D eigenvalue weighted by Crippen LogP contribution is 2.31. The number of benzene rings is 1. The van der Waals surface area contributed by atoms with Crippen LogP contribution in [-0.2, 0) is 4.79 Å². The lowest BCUT2D eigenvalue weighted by molar-refractivity contribution is -0.115. The van der Waals surface area contributed by atoms with Gasteiger partial charge >= 0.3 is 0 Å². The number of nitrogens with one attached hydrogen (secondary N) is 1. The third-order valence-corrected chi connectivity index (χ3v) is 2.31. The second kappa shape index (κ2) is 3.21. The van der Waals surface area contributed by atoms with E-state index in [4.69, 9.17) is 0 Å². The zero-order valence-electron chi connectivity index (χ0n) is 7.95. The van der Waals surface area contributed by atoms with Gasteiger partial charge in [0, 0.05) is 12.6 Å². The van der Waals surface area contributed by atoms with Crippen LogP contribution in [0.15, 0.2) is 18.2 Å². The van der Waals surface area contributed by atoms with Crippen molar-refractivity contribution in [3.05, 3.63) is 18.2 Å². The quantitative estimate of drug-likeness (QED) is 0.702. The highest BCUT2D eigenvalue weighted by molar-refractivity contribution is 6.01. The Labute approximate surface area is 82.2 Å². The molecule has 0 atom stereocenters. The molecule has 4 heteroatoms. The summed E-state index contributed by atoms with van der Waals surface area (Å²) >= 11 is 0. The van der Waals surface area contributed by atoms with Gasteiger partial charge in [-0.15, -0.1) is 0 Å². The van der Waals surface area contributed by atoms with E-state index in [1.165, 1.54) is 0 Å². The van der Waals surface area contributed by atoms with Crippen molar-refractivity contribution >= 4 is 17.3 Å². The molecule has 1 aliphatic rings. The van der Waals surface area contributed by atoms with Gasteiger partial charge in [-0.3, -0.25) is 4.79 Å². The zero-order valence-corrected chi connectivity index (χ0v) is 7.95. The highest BCUT2D eigenvalue weighted by Gasteiger charge is 2.20. The lowest BCUT2D eigenvalue weighted by Crippen LogP contribution is -2.37. The Hall–Kier alpha value is -1.71. The van der Waals surface area contributed by atoms with E-state index in [0.717, 1.165) is 12.2 Å². The van der Waals surface area contributed by atoms with Gasteiger partial charge in [0.15, 0.2) is 0 Å². The fourth-order valence-electron chi connectivity index (χ4n) is 1.63. The lowest BCUT2D eigenvalue weighted by Gasteiger charge is -2.29. The number of fused-ring (bicyclic) bond motifs is 1. The molecule has 0 saturated carbocycles. The number of carbonyl (C=O) groups excluding carboxylic acids is 1. The predicted octanol–water partition coefficient (Wildman–Crippen LogP) is 1.17. The van der Waals surface area contributed by atoms with Gasteiger partial charge in [0.05, 0.1) is 17.9 Å². The van der Waals surface area contributed by atoms with Crippen LogP contribution in [-0.4, -0.2) is 24.1 Å². The van der Waals surface area contributed by atoms with Gasteiger partial charge in [-0.25, -0.2) is 0 Å². The van der Waals surface area contributed by atoms with Gasteiger partial charge in [-0.1, -0.05) is 0 Å². The molecule has 2 rings (SSSR count). The molecule has 1 amide bonds. The van der Waals surface area contributed by atoms with E-state index < -0.39 is 0 Å². The van der Waals surface area contributed by atoms with Crippen molar-refractivity contribution in [2.24, 2.45) is 0 Å². The Balaban J connectivity index is 2.45. The molecule has 4 nitrogen and oxygen atoms in total. The topological polar surface area (TPSA) is 52.6 Å². The van der Waals surface area contributed by atoms with E-state index in [1.807, 2.05) is 17.9 Å². The first-order valence-electron chi connectivity index (χ1n) is 4.58. The third kappa shape index (κ3) is 1.39. The van der Waals surface area contributed by atoms with Crippen LogP contribution < -0.4 is 10.2 Å². The monoisotopic (exact) mass is 192 g/mol. The highest BCUT2D eigenvalue weighted by atomic mass is 16.3. The van der Waals surface area contributed by atoms with E-state index in [2.05, 4.69) is 5.32 Å². The van der Waals surface area contributed by atoms with Gasteiger partial charge in [0.25, 0.3) is 0 Å². The Morgan fingerprint density at radius 3 is 3.07 bits per heavy atom. The maximum absolute atomic E-state index is 11.3. The fourth-order valence-corrected chi connectivity index (χ4v) is 1.63. The first kappa shape index (κ1) is 8.87. The van der Waals surface area contributed by atoms with Crippen LogP contribution in [0.5, 0.6) is 5.75 Å². The SMILES string of the molecule is CCN1CC(=O)Nc2cc(O)ccc21. The molecule has 0 fully saturated rings. The number of phenolic OH excluding ortho intramolecular Hbond substituents is 1. The molecule has 2 N–H and O–H groups in total. The average molecular weight is 192 g/mol. The standard InChI is InChI=1S/C10H12N2O2/c1-2-12-6-10(14)11-8-5-7(13)3-4-9(8)12/h3-5,13H,2,6H2,1H3,(H,11,14). The maximum Gasteiger partial charge on any atom is 0.243 e. The van der Waals surface area contributed by atoms with E-state index in [1.54, 1.807) is 12.1 Å². The van der Waals surface area contributed by atoms with Crippen molar-refractivity contribution < 1.29 is 9.90 Å². The third-order valence-electron chi connectivity index (χ3n) is 2.31. The zero-order chi connectivity index (χ0) is 10.1. The minimum Gasteiger partial charge on any atom is -0.508 e. The summed E-state index contributed by atoms with van der Waals surface area (Å²) < 4.78 is 0. The van der Waals surface area contributed by atoms with E-state index >= 15 is 0 Å². The average Bonchev–Trinajstić information content (AvgIpc) is 2.15. The minimum atomic E-state index is -0.0371. The number of nitrogens with zero attached hydrogens (tertiary/aromatic N) is 1. The molecular weight excluding hydrogens is 180 g/mol. The number of hydrogen-bond donors (Lipinski definition) is 2. The Bertz CT molecular complexity index is 376. The molecule has 1 aromatic carbocycles. The summed E-state index contributed by atoms with van der Waals surface area (Å²) in [6.07, 6.45) is 0. The number of likely N-dealkylation sites (N-methyl/N-ethyl adjacent to an activating group) is 1. The molecule has 1 aromatic rings. The second-order valence-electron chi connectivity index (χ2n) is 3.26. The second-order valence-corrected chi connectivity index (χ2v) is 3.26. The van der Waals surface area contributed by atoms with Crippen molar-refractivity contribution in [2.75, 3.05) is 23.3 Å². The van der Waals surface area contributed by atoms with E-state index in [-0.39, 0.29) is 11.7 Å². The summed E-state index contributed by atoms with van der Waals surface area (Å²) in [7, 11) is 0. The first-order valence-corrected chi connectivity index (χ1v) is 4.58. The predicted molar refractivity (Wildman–Crippen MR) is 54.6 cm³/mol. The number of anilines is 2. The van der Waals surface area contributed by atoms with Crippen molar-refractivity contribution in [1.82, 2.24) is 0 Å². The number of aromatic hydroxyl groups is 1.